The van der Waals surface area contributed by atoms with Gasteiger partial charge in [0.2, 0.25) is 0 Å². The standard InChI is InChI=1S/C25H20ClFN4O3S/c1-30-12-13-31(35(30,33)34)18-7-8-20(23(27)15-18)25(32)29-17-6-9-22(26)21(14-17)24-19-5-3-2-4-16(19)10-11-28-24/h2-11,14-15H,12-13H2,1H3,(H,29,32). The molecule has 0 unspecified atom stereocenters. The predicted molar refractivity (Wildman–Crippen MR) is 135 cm³/mol. The zero-order valence-corrected chi connectivity index (χ0v) is 20.1. The van der Waals surface area contributed by atoms with E-state index in [4.69, 9.17) is 11.6 Å². The van der Waals surface area contributed by atoms with E-state index in [0.29, 0.717) is 28.5 Å². The molecule has 0 spiro atoms. The molecule has 1 aliphatic heterocycles. The fourth-order valence-electron chi connectivity index (χ4n) is 4.05. The summed E-state index contributed by atoms with van der Waals surface area (Å²) in [5.41, 5.74) is 1.66. The van der Waals surface area contributed by atoms with Crippen LogP contribution >= 0.6 is 11.6 Å². The van der Waals surface area contributed by atoms with Crippen molar-refractivity contribution in [3.8, 4) is 11.3 Å². The molecule has 10 heteroatoms. The maximum absolute atomic E-state index is 14.9. The minimum absolute atomic E-state index is 0.166. The molecule has 178 valence electrons. The fraction of sp³-hybridized carbons (Fsp3) is 0.120. The third kappa shape index (κ3) is 4.22. The normalized spacial score (nSPS) is 15.5. The lowest BCUT2D eigenvalue weighted by Crippen LogP contribution is -2.30. The SMILES string of the molecule is CN1CCN(c2ccc(C(=O)Nc3ccc(Cl)c(-c4nccc5ccccc45)c3)c(F)c2)S1(=O)=O. The van der Waals surface area contributed by atoms with E-state index in [1.165, 1.54) is 23.5 Å². The van der Waals surface area contributed by atoms with Crippen LogP contribution in [0.5, 0.6) is 0 Å². The number of benzene rings is 3. The largest absolute Gasteiger partial charge is 0.322 e. The van der Waals surface area contributed by atoms with Gasteiger partial charge in [-0.15, -0.1) is 0 Å². The van der Waals surface area contributed by atoms with Crippen molar-refractivity contribution in [3.63, 3.8) is 0 Å². The number of nitrogens with one attached hydrogen (secondary N) is 1. The molecule has 0 saturated carbocycles. The van der Waals surface area contributed by atoms with E-state index in [2.05, 4.69) is 10.3 Å². The molecule has 5 rings (SSSR count). The van der Waals surface area contributed by atoms with Gasteiger partial charge in [0.15, 0.2) is 0 Å². The number of rotatable bonds is 4. The average Bonchev–Trinajstić information content (AvgIpc) is 3.11. The van der Waals surface area contributed by atoms with Gasteiger partial charge in [-0.05, 0) is 47.9 Å². The first-order chi connectivity index (χ1) is 16.8. The van der Waals surface area contributed by atoms with Crippen LogP contribution in [0, 0.1) is 5.82 Å². The van der Waals surface area contributed by atoms with E-state index < -0.39 is 21.9 Å². The Bertz CT molecular complexity index is 1570. The second-order valence-electron chi connectivity index (χ2n) is 8.10. The molecule has 0 aliphatic carbocycles. The fourth-order valence-corrected chi connectivity index (χ4v) is 5.60. The van der Waals surface area contributed by atoms with Crippen molar-refractivity contribution in [2.45, 2.75) is 0 Å². The number of hydrogen-bond donors (Lipinski definition) is 1. The van der Waals surface area contributed by atoms with Crippen LogP contribution < -0.4 is 9.62 Å². The third-order valence-electron chi connectivity index (χ3n) is 5.93. The Morgan fingerprint density at radius 1 is 1.06 bits per heavy atom. The van der Waals surface area contributed by atoms with Crippen LogP contribution in [0.1, 0.15) is 10.4 Å². The van der Waals surface area contributed by atoms with Gasteiger partial charge in [-0.25, -0.2) is 4.39 Å². The summed E-state index contributed by atoms with van der Waals surface area (Å²) in [5.74, 6) is -1.50. The summed E-state index contributed by atoms with van der Waals surface area (Å²) in [6, 6.07) is 18.3. The van der Waals surface area contributed by atoms with Gasteiger partial charge in [-0.1, -0.05) is 35.9 Å². The Morgan fingerprint density at radius 2 is 1.86 bits per heavy atom. The van der Waals surface area contributed by atoms with Gasteiger partial charge in [0.25, 0.3) is 5.91 Å². The van der Waals surface area contributed by atoms with Crippen molar-refractivity contribution < 1.29 is 17.6 Å². The highest BCUT2D eigenvalue weighted by Gasteiger charge is 2.34. The topological polar surface area (TPSA) is 82.6 Å². The van der Waals surface area contributed by atoms with Crippen LogP contribution in [0.15, 0.2) is 72.9 Å². The van der Waals surface area contributed by atoms with Crippen molar-refractivity contribution in [1.29, 1.82) is 0 Å². The Labute approximate surface area is 206 Å². The van der Waals surface area contributed by atoms with E-state index in [0.717, 1.165) is 21.1 Å². The molecule has 0 atom stereocenters. The maximum atomic E-state index is 14.9. The van der Waals surface area contributed by atoms with Crippen LogP contribution in [-0.4, -0.2) is 43.8 Å². The van der Waals surface area contributed by atoms with Crippen LogP contribution in [-0.2, 0) is 10.2 Å². The first-order valence-corrected chi connectivity index (χ1v) is 12.5. The zero-order chi connectivity index (χ0) is 24.7. The number of carbonyl (C=O) groups excluding carboxylic acids is 1. The van der Waals surface area contributed by atoms with Crippen molar-refractivity contribution in [2.24, 2.45) is 0 Å². The number of pyridine rings is 1. The number of amides is 1. The molecular formula is C25H20ClFN4O3S. The van der Waals surface area contributed by atoms with Crippen LogP contribution in [0.25, 0.3) is 22.0 Å². The summed E-state index contributed by atoms with van der Waals surface area (Å²) in [6.07, 6.45) is 1.69. The van der Waals surface area contributed by atoms with Crippen LogP contribution in [0.4, 0.5) is 15.8 Å². The molecule has 3 aromatic carbocycles. The number of fused-ring (bicyclic) bond motifs is 1. The second kappa shape index (κ2) is 8.92. The molecule has 0 radical (unpaired) electrons. The highest BCUT2D eigenvalue weighted by atomic mass is 35.5. The average molecular weight is 511 g/mol. The van der Waals surface area contributed by atoms with E-state index in [1.54, 1.807) is 24.4 Å². The van der Waals surface area contributed by atoms with Gasteiger partial charge >= 0.3 is 10.2 Å². The van der Waals surface area contributed by atoms with Gasteiger partial charge in [0.1, 0.15) is 5.82 Å². The minimum Gasteiger partial charge on any atom is -0.322 e. The monoisotopic (exact) mass is 510 g/mol. The molecule has 1 aliphatic rings. The molecule has 1 fully saturated rings. The number of aromatic nitrogens is 1. The zero-order valence-electron chi connectivity index (χ0n) is 18.6. The number of carbonyl (C=O) groups is 1. The van der Waals surface area contributed by atoms with E-state index in [-0.39, 0.29) is 17.8 Å². The summed E-state index contributed by atoms with van der Waals surface area (Å²) in [4.78, 5) is 17.3. The molecule has 1 saturated heterocycles. The second-order valence-corrected chi connectivity index (χ2v) is 10.5. The smallest absolute Gasteiger partial charge is 0.303 e. The highest BCUT2D eigenvalue weighted by molar-refractivity contribution is 7.90. The quantitative estimate of drug-likeness (QED) is 0.421. The van der Waals surface area contributed by atoms with Gasteiger partial charge in [-0.3, -0.25) is 14.1 Å². The van der Waals surface area contributed by atoms with Gasteiger partial charge in [-0.2, -0.15) is 12.7 Å². The van der Waals surface area contributed by atoms with Crippen molar-refractivity contribution in [1.82, 2.24) is 9.29 Å². The third-order valence-corrected chi connectivity index (χ3v) is 8.18. The molecule has 1 amide bonds. The molecule has 35 heavy (non-hydrogen) atoms. The molecule has 4 aromatic rings. The minimum atomic E-state index is -3.69. The number of halogens is 2. The first-order valence-electron chi connectivity index (χ1n) is 10.7. The van der Waals surface area contributed by atoms with Crippen molar-refractivity contribution in [3.05, 3.63) is 89.3 Å². The first kappa shape index (κ1) is 23.2. The van der Waals surface area contributed by atoms with Gasteiger partial charge in [0.05, 0.1) is 22.0 Å². The Morgan fingerprint density at radius 3 is 2.60 bits per heavy atom. The lowest BCUT2D eigenvalue weighted by atomic mass is 10.0. The van der Waals surface area contributed by atoms with E-state index >= 15 is 0 Å². The number of anilines is 2. The molecule has 1 aromatic heterocycles. The molecule has 1 N–H and O–H groups in total. The summed E-state index contributed by atoms with van der Waals surface area (Å²) in [5, 5.41) is 5.05. The summed E-state index contributed by atoms with van der Waals surface area (Å²) < 4.78 is 41.9. The lowest BCUT2D eigenvalue weighted by Gasteiger charge is -2.18. The van der Waals surface area contributed by atoms with Gasteiger partial charge in [0, 0.05) is 43.0 Å². The lowest BCUT2D eigenvalue weighted by molar-refractivity contribution is 0.102. The Balaban J connectivity index is 1.43. The number of likely N-dealkylation sites (N-methyl/N-ethyl adjacent to an activating group) is 1. The predicted octanol–water partition coefficient (Wildman–Crippen LogP) is 4.94. The summed E-state index contributed by atoms with van der Waals surface area (Å²) in [6.45, 7) is 0.510. The van der Waals surface area contributed by atoms with Crippen LogP contribution in [0.2, 0.25) is 5.02 Å². The molecular weight excluding hydrogens is 491 g/mol. The Kier molecular flexibility index (Phi) is 5.92. The molecule has 7 nitrogen and oxygen atoms in total. The van der Waals surface area contributed by atoms with Crippen molar-refractivity contribution >= 4 is 49.9 Å². The van der Waals surface area contributed by atoms with Gasteiger partial charge < -0.3 is 5.32 Å². The molecule has 2 heterocycles. The highest BCUT2D eigenvalue weighted by Crippen LogP contribution is 2.34. The Hall–Kier alpha value is -3.53. The van der Waals surface area contributed by atoms with Crippen molar-refractivity contribution in [2.75, 3.05) is 29.8 Å². The van der Waals surface area contributed by atoms with E-state index in [1.807, 2.05) is 30.3 Å². The number of hydrogen-bond acceptors (Lipinski definition) is 4. The maximum Gasteiger partial charge on any atom is 0.303 e. The number of nitrogens with zero attached hydrogens (tertiary/aromatic N) is 3. The summed E-state index contributed by atoms with van der Waals surface area (Å²) >= 11 is 6.45. The molecule has 0 bridgehead atoms. The summed E-state index contributed by atoms with van der Waals surface area (Å²) in [7, 11) is -2.23. The van der Waals surface area contributed by atoms with E-state index in [9.17, 15) is 17.6 Å². The van der Waals surface area contributed by atoms with Crippen LogP contribution in [0.3, 0.4) is 0 Å².